The number of alkyl halides is 6. The summed E-state index contributed by atoms with van der Waals surface area (Å²) in [5, 5.41) is 0. The molecule has 2 nitrogen and oxygen atoms in total. The van der Waals surface area contributed by atoms with E-state index in [2.05, 4.69) is 0 Å². The van der Waals surface area contributed by atoms with Crippen molar-refractivity contribution in [3.63, 3.8) is 0 Å². The van der Waals surface area contributed by atoms with Crippen LogP contribution in [-0.2, 0) is 9.84 Å². The molecule has 0 saturated carbocycles. The van der Waals surface area contributed by atoms with Crippen molar-refractivity contribution in [1.82, 2.24) is 0 Å². The molecule has 0 aliphatic carbocycles. The predicted molar refractivity (Wildman–Crippen MR) is 49.5 cm³/mol. The Morgan fingerprint density at radius 1 is 0.727 bits per heavy atom. The minimum absolute atomic E-state index is 2.63. The monoisotopic (exact) mass is 298 g/mol. The average Bonchev–Trinajstić information content (AvgIpc) is 1.58. The molecule has 0 fully saturated rings. The molecule has 0 aliphatic heterocycles. The molecule has 0 saturated heterocycles. The molecule has 0 radical (unpaired) electrons. The molecule has 0 atom stereocenters. The molecule has 0 bridgehead atoms. The maximum atomic E-state index is 10.9. The first kappa shape index (κ1) is 12.7. The number of hydrogen-bond acceptors (Lipinski definition) is 2. The van der Waals surface area contributed by atoms with E-state index in [4.69, 9.17) is 69.6 Å². The van der Waals surface area contributed by atoms with E-state index in [1.165, 1.54) is 0 Å². The summed E-state index contributed by atoms with van der Waals surface area (Å²) < 4.78 is 16.5. The smallest absolute Gasteiger partial charge is 0.220 e. The maximum absolute atomic E-state index is 10.9. The molecule has 0 amide bonds. The highest BCUT2D eigenvalue weighted by Gasteiger charge is 2.52. The third-order valence-corrected chi connectivity index (χ3v) is 5.48. The number of sulfone groups is 1. The van der Waals surface area contributed by atoms with Crippen molar-refractivity contribution in [1.29, 1.82) is 0 Å². The van der Waals surface area contributed by atoms with Crippen LogP contribution < -0.4 is 0 Å². The topological polar surface area (TPSA) is 34.1 Å². The second-order valence-electron chi connectivity index (χ2n) is 1.39. The van der Waals surface area contributed by atoms with Gasteiger partial charge in [-0.25, -0.2) is 8.42 Å². The Kier molecular flexibility index (Phi) is 3.98. The SMILES string of the molecule is O=S(=O)(C(Cl)(Cl)Cl)C(Cl)(Cl)Cl. The fourth-order valence-electron chi connectivity index (χ4n) is 0.131. The lowest BCUT2D eigenvalue weighted by Crippen LogP contribution is -2.31. The summed E-state index contributed by atoms with van der Waals surface area (Å²) in [6.45, 7) is 0. The zero-order chi connectivity index (χ0) is 9.50. The number of rotatable bonds is 0. The Morgan fingerprint density at radius 3 is 0.909 bits per heavy atom. The van der Waals surface area contributed by atoms with Crippen LogP contribution in [-0.4, -0.2) is 14.7 Å². The standard InChI is InChI=1S/C2Cl6O2S/c3-1(4,5)11(9,10)2(6,7)8. The van der Waals surface area contributed by atoms with E-state index in [1.807, 2.05) is 0 Å². The van der Waals surface area contributed by atoms with Crippen LogP contribution in [0.4, 0.5) is 0 Å². The molecule has 0 rings (SSSR count). The third kappa shape index (κ3) is 2.83. The molecule has 0 heterocycles. The lowest BCUT2D eigenvalue weighted by Gasteiger charge is -2.17. The van der Waals surface area contributed by atoms with Gasteiger partial charge >= 0.3 is 0 Å². The summed E-state index contributed by atoms with van der Waals surface area (Å²) in [5.74, 6) is 0. The van der Waals surface area contributed by atoms with E-state index in [1.54, 1.807) is 0 Å². The normalized spacial score (nSPS) is 15.1. The Hall–Kier alpha value is 1.69. The fraction of sp³-hybridized carbons (Fsp3) is 1.00. The van der Waals surface area contributed by atoms with Crippen molar-refractivity contribution in [3.05, 3.63) is 0 Å². The highest BCUT2D eigenvalue weighted by Crippen LogP contribution is 2.46. The van der Waals surface area contributed by atoms with Gasteiger partial charge in [0.1, 0.15) is 0 Å². The van der Waals surface area contributed by atoms with E-state index in [-0.39, 0.29) is 0 Å². The van der Waals surface area contributed by atoms with Crippen LogP contribution in [0.1, 0.15) is 0 Å². The zero-order valence-corrected chi connectivity index (χ0v) is 9.84. The van der Waals surface area contributed by atoms with Crippen molar-refractivity contribution >= 4 is 79.4 Å². The molecule has 0 aromatic rings. The Morgan fingerprint density at radius 2 is 0.909 bits per heavy atom. The average molecular weight is 301 g/mol. The van der Waals surface area contributed by atoms with Crippen molar-refractivity contribution in [3.8, 4) is 0 Å². The van der Waals surface area contributed by atoms with Crippen molar-refractivity contribution in [2.24, 2.45) is 0 Å². The van der Waals surface area contributed by atoms with E-state index >= 15 is 0 Å². The maximum Gasteiger partial charge on any atom is 0.296 e. The van der Waals surface area contributed by atoms with E-state index in [9.17, 15) is 8.42 Å². The van der Waals surface area contributed by atoms with Crippen molar-refractivity contribution < 1.29 is 8.42 Å². The van der Waals surface area contributed by atoms with Gasteiger partial charge in [-0.3, -0.25) is 0 Å². The summed E-state index contributed by atoms with van der Waals surface area (Å²) in [6.07, 6.45) is 0. The van der Waals surface area contributed by atoms with Gasteiger partial charge in [0.15, 0.2) is 0 Å². The lowest BCUT2D eigenvalue weighted by atomic mass is 11.8. The van der Waals surface area contributed by atoms with Crippen molar-refractivity contribution in [2.45, 2.75) is 6.25 Å². The largest absolute Gasteiger partial charge is 0.296 e. The van der Waals surface area contributed by atoms with Crippen LogP contribution in [0.15, 0.2) is 0 Å². The van der Waals surface area contributed by atoms with E-state index in [0.717, 1.165) is 0 Å². The molecule has 0 aromatic heterocycles. The summed E-state index contributed by atoms with van der Waals surface area (Å²) in [6, 6.07) is 0. The molecule has 0 aromatic carbocycles. The van der Waals surface area contributed by atoms with Gasteiger partial charge in [-0.2, -0.15) is 0 Å². The summed E-state index contributed by atoms with van der Waals surface area (Å²) in [7, 11) is -4.42. The molecule has 0 unspecified atom stereocenters. The Bertz CT molecular complexity index is 210. The lowest BCUT2D eigenvalue weighted by molar-refractivity contribution is 0.597. The molecule has 11 heavy (non-hydrogen) atoms. The summed E-state index contributed by atoms with van der Waals surface area (Å²) in [4.78, 5) is 0. The molecule has 0 aliphatic rings. The zero-order valence-electron chi connectivity index (χ0n) is 4.49. The Balaban J connectivity index is 5.11. The van der Waals surface area contributed by atoms with Crippen LogP contribution >= 0.6 is 69.6 Å². The van der Waals surface area contributed by atoms with Gasteiger partial charge < -0.3 is 0 Å². The van der Waals surface area contributed by atoms with Crippen LogP contribution in [0.3, 0.4) is 0 Å². The molecule has 9 heteroatoms. The van der Waals surface area contributed by atoms with Gasteiger partial charge in [0.2, 0.25) is 9.84 Å². The van der Waals surface area contributed by atoms with Crippen molar-refractivity contribution in [2.75, 3.05) is 0 Å². The number of hydrogen-bond donors (Lipinski definition) is 0. The highest BCUT2D eigenvalue weighted by molar-refractivity contribution is 8.02. The first-order valence-electron chi connectivity index (χ1n) is 1.88. The van der Waals surface area contributed by atoms with Gasteiger partial charge in [-0.15, -0.1) is 0 Å². The van der Waals surface area contributed by atoms with E-state index in [0.29, 0.717) is 0 Å². The van der Waals surface area contributed by atoms with Crippen LogP contribution in [0.5, 0.6) is 0 Å². The molecule has 0 spiro atoms. The Labute approximate surface area is 93.5 Å². The van der Waals surface area contributed by atoms with Crippen LogP contribution in [0.2, 0.25) is 0 Å². The summed E-state index contributed by atoms with van der Waals surface area (Å²) >= 11 is 30.0. The van der Waals surface area contributed by atoms with E-state index < -0.39 is 16.1 Å². The van der Waals surface area contributed by atoms with Gasteiger partial charge in [-0.05, 0) is 0 Å². The fourth-order valence-corrected chi connectivity index (χ4v) is 3.54. The van der Waals surface area contributed by atoms with Gasteiger partial charge in [0, 0.05) is 0 Å². The number of halogens is 6. The first-order valence-corrected chi connectivity index (χ1v) is 5.63. The molecule has 68 valence electrons. The van der Waals surface area contributed by atoms with Crippen LogP contribution in [0, 0.1) is 0 Å². The van der Waals surface area contributed by atoms with Crippen LogP contribution in [0.25, 0.3) is 0 Å². The molecular formula is C2Cl6O2S. The quantitative estimate of drug-likeness (QED) is 0.644. The highest BCUT2D eigenvalue weighted by atomic mass is 35.6. The van der Waals surface area contributed by atoms with Gasteiger partial charge in [0.05, 0.1) is 0 Å². The molecule has 0 N–H and O–H groups in total. The second kappa shape index (κ2) is 3.45. The van der Waals surface area contributed by atoms with Gasteiger partial charge in [0.25, 0.3) is 6.25 Å². The van der Waals surface area contributed by atoms with Gasteiger partial charge in [-0.1, -0.05) is 69.6 Å². The predicted octanol–water partition coefficient (Wildman–Crippen LogP) is 3.06. The molecular weight excluding hydrogens is 301 g/mol. The third-order valence-electron chi connectivity index (χ3n) is 0.609. The first-order chi connectivity index (χ1) is 4.50. The second-order valence-corrected chi connectivity index (χ2v) is 9.53. The minimum Gasteiger partial charge on any atom is -0.220 e. The minimum atomic E-state index is -4.42. The summed E-state index contributed by atoms with van der Waals surface area (Å²) in [5.41, 5.74) is 0.